The molecular formula is C16H22N6OS. The number of fused-ring (bicyclic) bond motifs is 1. The first-order chi connectivity index (χ1) is 11.8. The Balaban J connectivity index is 0.000000290. The van der Waals surface area contributed by atoms with Gasteiger partial charge in [0, 0.05) is 31.7 Å². The molecule has 1 saturated heterocycles. The van der Waals surface area contributed by atoms with Gasteiger partial charge in [-0.15, -0.1) is 11.8 Å². The van der Waals surface area contributed by atoms with Crippen molar-refractivity contribution in [2.24, 2.45) is 0 Å². The molecule has 0 bridgehead atoms. The summed E-state index contributed by atoms with van der Waals surface area (Å²) in [4.78, 5) is 26.0. The van der Waals surface area contributed by atoms with Gasteiger partial charge in [0.15, 0.2) is 0 Å². The first kappa shape index (κ1) is 16.8. The highest BCUT2D eigenvalue weighted by molar-refractivity contribution is 8.04. The Morgan fingerprint density at radius 2 is 2.17 bits per heavy atom. The molecule has 4 rings (SSSR count). The standard InChI is InChI=1S/C12H13N5OS.C4H9N/c1-13-12(18)9-6-17(4-5-19-9)11-8-2-3-14-10(8)15-7-16-11;1-2-4-5-3-1/h2-3,6-7H,4-5H2,1H3,(H,13,18)(H,14,15,16);5H,1-4H2. The predicted octanol–water partition coefficient (Wildman–Crippen LogP) is 1.47. The summed E-state index contributed by atoms with van der Waals surface area (Å²) in [5.41, 5.74) is 0.804. The number of carbonyl (C=O) groups is 1. The van der Waals surface area contributed by atoms with Crippen LogP contribution < -0.4 is 15.5 Å². The number of carbonyl (C=O) groups excluding carboxylic acids is 1. The van der Waals surface area contributed by atoms with E-state index in [0.717, 1.165) is 29.1 Å². The van der Waals surface area contributed by atoms with Gasteiger partial charge in [0.05, 0.1) is 10.3 Å². The highest BCUT2D eigenvalue weighted by Crippen LogP contribution is 2.28. The number of anilines is 1. The van der Waals surface area contributed by atoms with Crippen molar-refractivity contribution >= 4 is 34.5 Å². The molecule has 8 heteroatoms. The normalized spacial score (nSPS) is 17.2. The Bertz CT molecular complexity index is 717. The predicted molar refractivity (Wildman–Crippen MR) is 97.9 cm³/mol. The molecule has 0 aliphatic carbocycles. The van der Waals surface area contributed by atoms with Crippen molar-refractivity contribution in [1.82, 2.24) is 25.6 Å². The van der Waals surface area contributed by atoms with E-state index in [1.54, 1.807) is 18.8 Å². The zero-order chi connectivity index (χ0) is 16.8. The van der Waals surface area contributed by atoms with Crippen LogP contribution in [0.25, 0.3) is 11.0 Å². The molecule has 1 fully saturated rings. The lowest BCUT2D eigenvalue weighted by Crippen LogP contribution is -2.29. The summed E-state index contributed by atoms with van der Waals surface area (Å²) in [6, 6.07) is 1.94. The number of nitrogens with one attached hydrogen (secondary N) is 3. The molecule has 128 valence electrons. The van der Waals surface area contributed by atoms with Crippen LogP contribution in [0.1, 0.15) is 12.8 Å². The Labute approximate surface area is 145 Å². The maximum Gasteiger partial charge on any atom is 0.258 e. The molecule has 2 aliphatic rings. The third-order valence-electron chi connectivity index (χ3n) is 3.88. The summed E-state index contributed by atoms with van der Waals surface area (Å²) in [5.74, 6) is 1.62. The Morgan fingerprint density at radius 1 is 1.33 bits per heavy atom. The Morgan fingerprint density at radius 3 is 2.88 bits per heavy atom. The molecule has 0 radical (unpaired) electrons. The molecule has 1 amide bonds. The fraction of sp³-hybridized carbons (Fsp3) is 0.438. The second-order valence-corrected chi connectivity index (χ2v) is 6.65. The smallest absolute Gasteiger partial charge is 0.258 e. The van der Waals surface area contributed by atoms with Crippen molar-refractivity contribution in [2.75, 3.05) is 37.3 Å². The van der Waals surface area contributed by atoms with Crippen molar-refractivity contribution in [1.29, 1.82) is 0 Å². The van der Waals surface area contributed by atoms with Crippen LogP contribution >= 0.6 is 11.8 Å². The van der Waals surface area contributed by atoms with Crippen molar-refractivity contribution in [2.45, 2.75) is 12.8 Å². The number of likely N-dealkylation sites (N-methyl/N-ethyl adjacent to an activating group) is 1. The van der Waals surface area contributed by atoms with Gasteiger partial charge >= 0.3 is 0 Å². The van der Waals surface area contributed by atoms with Crippen molar-refractivity contribution in [3.63, 3.8) is 0 Å². The highest BCUT2D eigenvalue weighted by Gasteiger charge is 2.19. The second kappa shape index (κ2) is 8.16. The molecule has 24 heavy (non-hydrogen) atoms. The number of rotatable bonds is 2. The molecule has 0 unspecified atom stereocenters. The number of hydrogen-bond donors (Lipinski definition) is 3. The number of thioether (sulfide) groups is 1. The molecule has 0 saturated carbocycles. The summed E-state index contributed by atoms with van der Waals surface area (Å²) in [5, 5.41) is 6.83. The van der Waals surface area contributed by atoms with E-state index in [-0.39, 0.29) is 5.91 Å². The number of H-pyrrole nitrogens is 1. The number of aromatic amines is 1. The fourth-order valence-corrected chi connectivity index (χ4v) is 3.57. The first-order valence-electron chi connectivity index (χ1n) is 8.12. The van der Waals surface area contributed by atoms with Gasteiger partial charge in [0.1, 0.15) is 17.8 Å². The summed E-state index contributed by atoms with van der Waals surface area (Å²) in [6.07, 6.45) is 8.00. The molecule has 2 aliphatic heterocycles. The van der Waals surface area contributed by atoms with Gasteiger partial charge in [-0.2, -0.15) is 0 Å². The average Bonchev–Trinajstić information content (AvgIpc) is 3.34. The van der Waals surface area contributed by atoms with E-state index in [2.05, 4.69) is 25.6 Å². The summed E-state index contributed by atoms with van der Waals surface area (Å²) in [6.45, 7) is 3.32. The van der Waals surface area contributed by atoms with Crippen LogP contribution in [0.5, 0.6) is 0 Å². The van der Waals surface area contributed by atoms with Crippen molar-refractivity contribution < 1.29 is 4.79 Å². The monoisotopic (exact) mass is 346 g/mol. The fourth-order valence-electron chi connectivity index (χ4n) is 2.62. The number of aromatic nitrogens is 3. The molecular weight excluding hydrogens is 324 g/mol. The molecule has 2 aromatic heterocycles. The minimum atomic E-state index is -0.0610. The Hall–Kier alpha value is -2.06. The van der Waals surface area contributed by atoms with Gasteiger partial charge in [0.2, 0.25) is 0 Å². The van der Waals surface area contributed by atoms with E-state index in [4.69, 9.17) is 0 Å². The van der Waals surface area contributed by atoms with E-state index in [1.807, 2.05) is 23.4 Å². The van der Waals surface area contributed by atoms with E-state index >= 15 is 0 Å². The molecule has 3 N–H and O–H groups in total. The quantitative estimate of drug-likeness (QED) is 0.763. The lowest BCUT2D eigenvalue weighted by atomic mass is 10.3. The van der Waals surface area contributed by atoms with Gasteiger partial charge in [-0.1, -0.05) is 0 Å². The van der Waals surface area contributed by atoms with Crippen LogP contribution in [0, 0.1) is 0 Å². The molecule has 4 heterocycles. The van der Waals surface area contributed by atoms with E-state index in [9.17, 15) is 4.79 Å². The molecule has 0 spiro atoms. The zero-order valence-electron chi connectivity index (χ0n) is 13.7. The third kappa shape index (κ3) is 3.88. The van der Waals surface area contributed by atoms with Crippen LogP contribution in [-0.4, -0.2) is 53.3 Å². The maximum atomic E-state index is 11.7. The van der Waals surface area contributed by atoms with Gasteiger partial charge in [-0.05, 0) is 32.0 Å². The van der Waals surface area contributed by atoms with Crippen molar-refractivity contribution in [3.8, 4) is 0 Å². The summed E-state index contributed by atoms with van der Waals surface area (Å²) >= 11 is 1.56. The topological polar surface area (TPSA) is 85.9 Å². The van der Waals surface area contributed by atoms with E-state index in [0.29, 0.717) is 4.91 Å². The largest absolute Gasteiger partial charge is 0.355 e. The summed E-state index contributed by atoms with van der Waals surface area (Å²) < 4.78 is 0. The molecule has 2 aromatic rings. The van der Waals surface area contributed by atoms with E-state index < -0.39 is 0 Å². The minimum absolute atomic E-state index is 0.0610. The molecule has 0 aromatic carbocycles. The van der Waals surface area contributed by atoms with Crippen LogP contribution in [0.15, 0.2) is 29.7 Å². The Kier molecular flexibility index (Phi) is 5.71. The van der Waals surface area contributed by atoms with Crippen LogP contribution in [0.3, 0.4) is 0 Å². The minimum Gasteiger partial charge on any atom is -0.355 e. The highest BCUT2D eigenvalue weighted by atomic mass is 32.2. The van der Waals surface area contributed by atoms with Gasteiger partial charge in [-0.3, -0.25) is 4.79 Å². The first-order valence-corrected chi connectivity index (χ1v) is 9.10. The van der Waals surface area contributed by atoms with Crippen LogP contribution in [0.4, 0.5) is 5.82 Å². The van der Waals surface area contributed by atoms with E-state index in [1.165, 1.54) is 32.3 Å². The number of nitrogens with zero attached hydrogens (tertiary/aromatic N) is 3. The average molecular weight is 346 g/mol. The van der Waals surface area contributed by atoms with Crippen LogP contribution in [0.2, 0.25) is 0 Å². The zero-order valence-corrected chi connectivity index (χ0v) is 14.5. The lowest BCUT2D eigenvalue weighted by Gasteiger charge is -2.25. The van der Waals surface area contributed by atoms with Gasteiger partial charge in [-0.25, -0.2) is 9.97 Å². The summed E-state index contributed by atoms with van der Waals surface area (Å²) in [7, 11) is 1.64. The van der Waals surface area contributed by atoms with Gasteiger partial charge in [0.25, 0.3) is 5.91 Å². The lowest BCUT2D eigenvalue weighted by molar-refractivity contribution is -0.116. The van der Waals surface area contributed by atoms with Crippen molar-refractivity contribution in [3.05, 3.63) is 29.7 Å². The molecule has 0 atom stereocenters. The maximum absolute atomic E-state index is 11.7. The SMILES string of the molecule is C1CCNC1.CNC(=O)C1=CN(c2ncnc3[nH]ccc23)CCS1. The number of hydrogen-bond acceptors (Lipinski definition) is 6. The van der Waals surface area contributed by atoms with Gasteiger partial charge < -0.3 is 20.5 Å². The third-order valence-corrected chi connectivity index (χ3v) is 4.86. The molecule has 7 nitrogen and oxygen atoms in total. The van der Waals surface area contributed by atoms with Crippen LogP contribution in [-0.2, 0) is 4.79 Å². The second-order valence-electron chi connectivity index (χ2n) is 5.51. The number of amides is 1.